The van der Waals surface area contributed by atoms with Crippen LogP contribution >= 0.6 is 11.6 Å². The van der Waals surface area contributed by atoms with Crippen molar-refractivity contribution in [2.24, 2.45) is 0 Å². The lowest BCUT2D eigenvalue weighted by atomic mass is 10.1. The number of rotatable bonds is 5. The van der Waals surface area contributed by atoms with Crippen LogP contribution in [-0.2, 0) is 4.74 Å². The third-order valence-electron chi connectivity index (χ3n) is 2.54. The first-order valence-electron chi connectivity index (χ1n) is 5.59. The lowest BCUT2D eigenvalue weighted by Crippen LogP contribution is -2.23. The van der Waals surface area contributed by atoms with Crippen molar-refractivity contribution in [1.29, 1.82) is 0 Å². The standard InChI is InChI=1S/C13H20ClNO/c1-9(2)16-8-13(15-4)11-6-5-10(3)12(14)7-11/h5-7,9,13,15H,8H2,1-4H3. The molecule has 1 unspecified atom stereocenters. The molecule has 0 aromatic heterocycles. The van der Waals surface area contributed by atoms with Gasteiger partial charge in [0.25, 0.3) is 0 Å². The van der Waals surface area contributed by atoms with Crippen molar-refractivity contribution in [1.82, 2.24) is 5.32 Å². The normalized spacial score (nSPS) is 13.1. The molecule has 1 N–H and O–H groups in total. The zero-order valence-electron chi connectivity index (χ0n) is 10.4. The van der Waals surface area contributed by atoms with Crippen LogP contribution in [-0.4, -0.2) is 19.8 Å². The van der Waals surface area contributed by atoms with Crippen LogP contribution in [0.2, 0.25) is 5.02 Å². The summed E-state index contributed by atoms with van der Waals surface area (Å²) in [5.41, 5.74) is 2.27. The van der Waals surface area contributed by atoms with Crippen molar-refractivity contribution >= 4 is 11.6 Å². The number of halogens is 1. The lowest BCUT2D eigenvalue weighted by molar-refractivity contribution is 0.0626. The summed E-state index contributed by atoms with van der Waals surface area (Å²) < 4.78 is 5.61. The largest absolute Gasteiger partial charge is 0.377 e. The van der Waals surface area contributed by atoms with E-state index in [9.17, 15) is 0 Å². The Hall–Kier alpha value is -0.570. The molecule has 1 aromatic carbocycles. The Bertz CT molecular complexity index is 339. The summed E-state index contributed by atoms with van der Waals surface area (Å²) >= 11 is 6.11. The summed E-state index contributed by atoms with van der Waals surface area (Å²) in [4.78, 5) is 0. The van der Waals surface area contributed by atoms with Crippen LogP contribution in [0.5, 0.6) is 0 Å². The topological polar surface area (TPSA) is 21.3 Å². The van der Waals surface area contributed by atoms with Crippen LogP contribution in [0.1, 0.15) is 31.0 Å². The molecule has 0 spiro atoms. The molecular formula is C13H20ClNO. The maximum atomic E-state index is 6.11. The fourth-order valence-electron chi connectivity index (χ4n) is 1.46. The molecule has 0 aliphatic heterocycles. The van der Waals surface area contributed by atoms with Crippen molar-refractivity contribution in [2.75, 3.05) is 13.7 Å². The van der Waals surface area contributed by atoms with Gasteiger partial charge in [-0.2, -0.15) is 0 Å². The van der Waals surface area contributed by atoms with Crippen LogP contribution in [0.4, 0.5) is 0 Å². The van der Waals surface area contributed by atoms with E-state index in [1.165, 1.54) is 5.56 Å². The molecule has 0 bridgehead atoms. The van der Waals surface area contributed by atoms with Gasteiger partial charge in [0.05, 0.1) is 18.8 Å². The average Bonchev–Trinajstić information content (AvgIpc) is 2.23. The Morgan fingerprint density at radius 2 is 2.06 bits per heavy atom. The van der Waals surface area contributed by atoms with Gasteiger partial charge in [-0.25, -0.2) is 0 Å². The van der Waals surface area contributed by atoms with Gasteiger partial charge < -0.3 is 10.1 Å². The van der Waals surface area contributed by atoms with Gasteiger partial charge in [-0.05, 0) is 45.0 Å². The second-order valence-corrected chi connectivity index (χ2v) is 4.64. The van der Waals surface area contributed by atoms with Crippen molar-refractivity contribution in [3.05, 3.63) is 34.3 Å². The van der Waals surface area contributed by atoms with E-state index < -0.39 is 0 Å². The molecular weight excluding hydrogens is 222 g/mol. The van der Waals surface area contributed by atoms with Crippen LogP contribution in [0.15, 0.2) is 18.2 Å². The number of hydrogen-bond donors (Lipinski definition) is 1. The second-order valence-electron chi connectivity index (χ2n) is 4.23. The fraction of sp³-hybridized carbons (Fsp3) is 0.538. The molecule has 0 aliphatic rings. The van der Waals surface area contributed by atoms with Gasteiger partial charge in [0, 0.05) is 5.02 Å². The first-order valence-corrected chi connectivity index (χ1v) is 5.97. The molecule has 1 aromatic rings. The highest BCUT2D eigenvalue weighted by Crippen LogP contribution is 2.21. The molecule has 0 fully saturated rings. The zero-order valence-corrected chi connectivity index (χ0v) is 11.1. The Morgan fingerprint density at radius 3 is 2.56 bits per heavy atom. The predicted molar refractivity (Wildman–Crippen MR) is 69.1 cm³/mol. The zero-order chi connectivity index (χ0) is 12.1. The number of ether oxygens (including phenoxy) is 1. The van der Waals surface area contributed by atoms with Gasteiger partial charge in [-0.1, -0.05) is 23.7 Å². The minimum Gasteiger partial charge on any atom is -0.377 e. The van der Waals surface area contributed by atoms with E-state index in [-0.39, 0.29) is 12.1 Å². The van der Waals surface area contributed by atoms with E-state index in [0.29, 0.717) is 6.61 Å². The second kappa shape index (κ2) is 6.24. The molecule has 0 saturated carbocycles. The highest BCUT2D eigenvalue weighted by molar-refractivity contribution is 6.31. The summed E-state index contributed by atoms with van der Waals surface area (Å²) in [5.74, 6) is 0. The summed E-state index contributed by atoms with van der Waals surface area (Å²) in [6, 6.07) is 6.33. The minimum atomic E-state index is 0.195. The predicted octanol–water partition coefficient (Wildman–Crippen LogP) is 3.33. The van der Waals surface area contributed by atoms with E-state index in [2.05, 4.69) is 11.4 Å². The lowest BCUT2D eigenvalue weighted by Gasteiger charge is -2.19. The molecule has 0 heterocycles. The molecule has 1 rings (SSSR count). The quantitative estimate of drug-likeness (QED) is 0.854. The van der Waals surface area contributed by atoms with Gasteiger partial charge >= 0.3 is 0 Å². The van der Waals surface area contributed by atoms with Gasteiger partial charge in [0.15, 0.2) is 0 Å². The number of nitrogens with one attached hydrogen (secondary N) is 1. The molecule has 16 heavy (non-hydrogen) atoms. The van der Waals surface area contributed by atoms with Crippen molar-refractivity contribution < 1.29 is 4.74 Å². The molecule has 2 nitrogen and oxygen atoms in total. The van der Waals surface area contributed by atoms with E-state index >= 15 is 0 Å². The third kappa shape index (κ3) is 3.78. The monoisotopic (exact) mass is 241 g/mol. The molecule has 0 amide bonds. The van der Waals surface area contributed by atoms with Crippen LogP contribution in [0, 0.1) is 6.92 Å². The Kier molecular flexibility index (Phi) is 5.26. The van der Waals surface area contributed by atoms with E-state index in [0.717, 1.165) is 10.6 Å². The summed E-state index contributed by atoms with van der Waals surface area (Å²) in [6.45, 7) is 6.74. The molecule has 1 atom stereocenters. The van der Waals surface area contributed by atoms with Crippen molar-refractivity contribution in [2.45, 2.75) is 32.9 Å². The van der Waals surface area contributed by atoms with E-state index in [4.69, 9.17) is 16.3 Å². The van der Waals surface area contributed by atoms with E-state index in [1.807, 2.05) is 40.0 Å². The van der Waals surface area contributed by atoms with Crippen molar-refractivity contribution in [3.8, 4) is 0 Å². The maximum Gasteiger partial charge on any atom is 0.0664 e. The summed E-state index contributed by atoms with van der Waals surface area (Å²) in [6.07, 6.45) is 0.247. The SMILES string of the molecule is CNC(COC(C)C)c1ccc(C)c(Cl)c1. The minimum absolute atomic E-state index is 0.195. The molecule has 90 valence electrons. The van der Waals surface area contributed by atoms with Gasteiger partial charge in [0.2, 0.25) is 0 Å². The first-order chi connectivity index (χ1) is 7.54. The summed E-state index contributed by atoms with van der Waals surface area (Å²) in [7, 11) is 1.93. The molecule has 0 radical (unpaired) electrons. The summed E-state index contributed by atoms with van der Waals surface area (Å²) in [5, 5.41) is 4.04. The van der Waals surface area contributed by atoms with E-state index in [1.54, 1.807) is 0 Å². The van der Waals surface area contributed by atoms with Crippen LogP contribution in [0.25, 0.3) is 0 Å². The number of likely N-dealkylation sites (N-methyl/N-ethyl adjacent to an activating group) is 1. The highest BCUT2D eigenvalue weighted by atomic mass is 35.5. The van der Waals surface area contributed by atoms with Gasteiger partial charge in [-0.3, -0.25) is 0 Å². The van der Waals surface area contributed by atoms with Gasteiger partial charge in [-0.15, -0.1) is 0 Å². The van der Waals surface area contributed by atoms with Crippen molar-refractivity contribution in [3.63, 3.8) is 0 Å². The van der Waals surface area contributed by atoms with Crippen LogP contribution < -0.4 is 5.32 Å². The molecule has 0 aliphatic carbocycles. The molecule has 3 heteroatoms. The smallest absolute Gasteiger partial charge is 0.0664 e. The third-order valence-corrected chi connectivity index (χ3v) is 2.95. The fourth-order valence-corrected chi connectivity index (χ4v) is 1.65. The maximum absolute atomic E-state index is 6.11. The van der Waals surface area contributed by atoms with Crippen LogP contribution in [0.3, 0.4) is 0 Å². The molecule has 0 saturated heterocycles. The average molecular weight is 242 g/mol. The number of benzene rings is 1. The first kappa shape index (κ1) is 13.5. The Balaban J connectivity index is 2.74. The Morgan fingerprint density at radius 1 is 1.38 bits per heavy atom. The van der Waals surface area contributed by atoms with Gasteiger partial charge in [0.1, 0.15) is 0 Å². The Labute approximate surface area is 103 Å². The highest BCUT2D eigenvalue weighted by Gasteiger charge is 2.11. The number of hydrogen-bond acceptors (Lipinski definition) is 2. The number of aryl methyl sites for hydroxylation is 1.